The van der Waals surface area contributed by atoms with Crippen molar-refractivity contribution in [1.82, 2.24) is 4.37 Å². The van der Waals surface area contributed by atoms with Gasteiger partial charge in [0.15, 0.2) is 10.9 Å². The van der Waals surface area contributed by atoms with Gasteiger partial charge >= 0.3 is 0 Å². The first-order valence-corrected chi connectivity index (χ1v) is 4.33. The van der Waals surface area contributed by atoms with Crippen LogP contribution in [0.5, 0.6) is 5.75 Å². The summed E-state index contributed by atoms with van der Waals surface area (Å²) in [5.41, 5.74) is 0. The molecule has 0 aliphatic heterocycles. The van der Waals surface area contributed by atoms with E-state index in [0.29, 0.717) is 10.9 Å². The molecule has 0 saturated carbocycles. The third-order valence-corrected chi connectivity index (χ3v) is 2.83. The molecule has 50 valence electrons. The highest BCUT2D eigenvalue weighted by atomic mass is 127. The van der Waals surface area contributed by atoms with Crippen LogP contribution >= 0.6 is 45.7 Å². The molecule has 0 aromatic carbocycles. The van der Waals surface area contributed by atoms with Crippen LogP contribution in [0.4, 0.5) is 0 Å². The Bertz CT molecular complexity index is 195. The molecule has 1 aromatic heterocycles. The van der Waals surface area contributed by atoms with Gasteiger partial charge in [-0.05, 0) is 34.1 Å². The Labute approximate surface area is 75.5 Å². The van der Waals surface area contributed by atoms with Crippen LogP contribution in [-0.2, 0) is 0 Å². The van der Waals surface area contributed by atoms with Gasteiger partial charge in [-0.2, -0.15) is 4.37 Å². The number of halogens is 2. The second-order valence-electron chi connectivity index (χ2n) is 1.28. The molecule has 0 N–H and O–H groups in total. The van der Waals surface area contributed by atoms with Crippen molar-refractivity contribution in [3.63, 3.8) is 0 Å². The van der Waals surface area contributed by atoms with E-state index in [-0.39, 0.29) is 0 Å². The molecule has 0 atom stereocenters. The molecule has 1 heterocycles. The minimum atomic E-state index is 0.451. The van der Waals surface area contributed by atoms with E-state index in [1.807, 2.05) is 0 Å². The van der Waals surface area contributed by atoms with Crippen LogP contribution in [-0.4, -0.2) is 11.5 Å². The first-order chi connectivity index (χ1) is 4.25. The van der Waals surface area contributed by atoms with E-state index in [1.165, 1.54) is 11.5 Å². The van der Waals surface area contributed by atoms with Crippen molar-refractivity contribution < 1.29 is 4.74 Å². The van der Waals surface area contributed by atoms with E-state index < -0.39 is 0 Å². The zero-order valence-electron chi connectivity index (χ0n) is 4.52. The summed E-state index contributed by atoms with van der Waals surface area (Å²) in [4.78, 5) is 0. The maximum absolute atomic E-state index is 5.61. The third kappa shape index (κ3) is 1.47. The molecule has 1 rings (SSSR count). The van der Waals surface area contributed by atoms with Gasteiger partial charge in [0.25, 0.3) is 0 Å². The Balaban J connectivity index is 3.07. The molecule has 1 aromatic rings. The van der Waals surface area contributed by atoms with Crippen molar-refractivity contribution in [3.05, 3.63) is 8.04 Å². The average molecular weight is 275 g/mol. The molecule has 0 amide bonds. The smallest absolute Gasteiger partial charge is 0.185 e. The fourth-order valence-electron chi connectivity index (χ4n) is 0.409. The van der Waals surface area contributed by atoms with E-state index in [2.05, 4.69) is 27.0 Å². The number of hydrogen-bond donors (Lipinski definition) is 0. The van der Waals surface area contributed by atoms with Gasteiger partial charge in [0.05, 0.1) is 7.11 Å². The quantitative estimate of drug-likeness (QED) is 0.734. The predicted molar refractivity (Wildman–Crippen MR) is 46.4 cm³/mol. The molecule has 0 bridgehead atoms. The average Bonchev–Trinajstić information content (AvgIpc) is 2.12. The second-order valence-corrected chi connectivity index (χ2v) is 4.22. The van der Waals surface area contributed by atoms with Crippen LogP contribution in [0, 0.1) is 2.88 Å². The van der Waals surface area contributed by atoms with E-state index >= 15 is 0 Å². The molecule has 0 aliphatic rings. The Kier molecular flexibility index (Phi) is 2.54. The summed E-state index contributed by atoms with van der Waals surface area (Å²) in [6.45, 7) is 0. The summed E-state index contributed by atoms with van der Waals surface area (Å²) < 4.78 is 9.77. The van der Waals surface area contributed by atoms with Crippen molar-refractivity contribution in [2.24, 2.45) is 0 Å². The van der Waals surface area contributed by atoms with Gasteiger partial charge in [-0.25, -0.2) is 0 Å². The van der Waals surface area contributed by atoms with Crippen molar-refractivity contribution >= 4 is 45.7 Å². The Hall–Kier alpha value is 0.450. The largest absolute Gasteiger partial charge is 0.492 e. The maximum Gasteiger partial charge on any atom is 0.185 e. The monoisotopic (exact) mass is 275 g/mol. The van der Waals surface area contributed by atoms with Crippen LogP contribution < -0.4 is 4.74 Å². The SMILES string of the molecule is COc1c(Cl)nsc1I. The topological polar surface area (TPSA) is 22.1 Å². The molecule has 5 heteroatoms. The molecule has 0 fully saturated rings. The summed E-state index contributed by atoms with van der Waals surface area (Å²) in [5, 5.41) is 0.451. The minimum Gasteiger partial charge on any atom is -0.492 e. The Morgan fingerprint density at radius 2 is 2.44 bits per heavy atom. The lowest BCUT2D eigenvalue weighted by molar-refractivity contribution is 0.413. The first kappa shape index (κ1) is 7.56. The summed E-state index contributed by atoms with van der Waals surface area (Å²) in [6.07, 6.45) is 0. The fraction of sp³-hybridized carbons (Fsp3) is 0.250. The minimum absolute atomic E-state index is 0.451. The summed E-state index contributed by atoms with van der Waals surface area (Å²) in [6, 6.07) is 0. The Morgan fingerprint density at radius 3 is 2.67 bits per heavy atom. The molecular formula is C4H3ClINOS. The number of rotatable bonds is 1. The van der Waals surface area contributed by atoms with Gasteiger partial charge in [-0.3, -0.25) is 0 Å². The van der Waals surface area contributed by atoms with Gasteiger partial charge in [0.2, 0.25) is 0 Å². The van der Waals surface area contributed by atoms with Crippen molar-refractivity contribution in [1.29, 1.82) is 0 Å². The van der Waals surface area contributed by atoms with Crippen molar-refractivity contribution in [2.75, 3.05) is 7.11 Å². The van der Waals surface area contributed by atoms with Crippen LogP contribution in [0.1, 0.15) is 0 Å². The lowest BCUT2D eigenvalue weighted by Gasteiger charge is -1.92. The number of nitrogens with zero attached hydrogens (tertiary/aromatic N) is 1. The standard InChI is InChI=1S/C4H3ClINOS/c1-8-2-3(5)7-9-4(2)6/h1H3. The molecule has 2 nitrogen and oxygen atoms in total. The summed E-state index contributed by atoms with van der Waals surface area (Å²) in [5.74, 6) is 0.683. The summed E-state index contributed by atoms with van der Waals surface area (Å²) in [7, 11) is 1.58. The van der Waals surface area contributed by atoms with Crippen LogP contribution in [0.25, 0.3) is 0 Å². The van der Waals surface area contributed by atoms with Crippen LogP contribution in [0.2, 0.25) is 5.15 Å². The van der Waals surface area contributed by atoms with Crippen molar-refractivity contribution in [2.45, 2.75) is 0 Å². The van der Waals surface area contributed by atoms with E-state index in [9.17, 15) is 0 Å². The van der Waals surface area contributed by atoms with Crippen molar-refractivity contribution in [3.8, 4) is 5.75 Å². The molecule has 0 saturated heterocycles. The van der Waals surface area contributed by atoms with Gasteiger partial charge in [-0.1, -0.05) is 11.6 Å². The highest BCUT2D eigenvalue weighted by Gasteiger charge is 2.08. The number of methoxy groups -OCH3 is 1. The van der Waals surface area contributed by atoms with E-state index in [0.717, 1.165) is 2.88 Å². The van der Waals surface area contributed by atoms with E-state index in [4.69, 9.17) is 16.3 Å². The predicted octanol–water partition coefficient (Wildman–Crippen LogP) is 2.41. The van der Waals surface area contributed by atoms with Gasteiger partial charge in [-0.15, -0.1) is 0 Å². The van der Waals surface area contributed by atoms with Gasteiger partial charge in [0.1, 0.15) is 2.88 Å². The second kappa shape index (κ2) is 3.03. The molecule has 0 unspecified atom stereocenters. The number of hydrogen-bond acceptors (Lipinski definition) is 3. The van der Waals surface area contributed by atoms with Crippen LogP contribution in [0.3, 0.4) is 0 Å². The van der Waals surface area contributed by atoms with Crippen LogP contribution in [0.15, 0.2) is 0 Å². The highest BCUT2D eigenvalue weighted by Crippen LogP contribution is 2.31. The zero-order valence-corrected chi connectivity index (χ0v) is 8.25. The fourth-order valence-corrected chi connectivity index (χ4v) is 2.18. The molecular weight excluding hydrogens is 272 g/mol. The first-order valence-electron chi connectivity index (χ1n) is 2.10. The van der Waals surface area contributed by atoms with Gasteiger partial charge < -0.3 is 4.74 Å². The molecule has 9 heavy (non-hydrogen) atoms. The number of aromatic nitrogens is 1. The lowest BCUT2D eigenvalue weighted by atomic mass is 10.7. The van der Waals surface area contributed by atoms with E-state index in [1.54, 1.807) is 7.11 Å². The number of ether oxygens (including phenoxy) is 1. The molecule has 0 radical (unpaired) electrons. The summed E-state index contributed by atoms with van der Waals surface area (Å²) >= 11 is 9.08. The lowest BCUT2D eigenvalue weighted by Crippen LogP contribution is -1.81. The normalized spacial score (nSPS) is 9.67. The molecule has 0 aliphatic carbocycles. The maximum atomic E-state index is 5.61. The third-order valence-electron chi connectivity index (χ3n) is 0.776. The molecule has 0 spiro atoms. The highest BCUT2D eigenvalue weighted by molar-refractivity contribution is 14.1. The zero-order chi connectivity index (χ0) is 6.85. The van der Waals surface area contributed by atoms with Gasteiger partial charge in [0, 0.05) is 0 Å². The Morgan fingerprint density at radius 1 is 1.78 bits per heavy atom.